The minimum absolute atomic E-state index is 0.279. The highest BCUT2D eigenvalue weighted by molar-refractivity contribution is 8.00. The number of carbonyl (C=O) groups is 2. The Morgan fingerprint density at radius 3 is 1.35 bits per heavy atom. The summed E-state index contributed by atoms with van der Waals surface area (Å²) >= 11 is 3.34. The zero-order chi connectivity index (χ0) is 18.2. The molecule has 2 aromatic rings. The molecule has 136 valence electrons. The molecule has 4 rings (SSSR count). The maximum absolute atomic E-state index is 10.3. The van der Waals surface area contributed by atoms with Gasteiger partial charge in [0.15, 0.2) is 10.3 Å². The van der Waals surface area contributed by atoms with E-state index >= 15 is 0 Å². The number of nitrogens with zero attached hydrogens (tertiary/aromatic N) is 4. The highest BCUT2D eigenvalue weighted by Crippen LogP contribution is 2.38. The van der Waals surface area contributed by atoms with Gasteiger partial charge in [-0.3, -0.25) is 0 Å². The molecule has 0 aliphatic heterocycles. The van der Waals surface area contributed by atoms with Gasteiger partial charge in [0, 0.05) is 47.1 Å². The van der Waals surface area contributed by atoms with Crippen molar-refractivity contribution in [3.05, 3.63) is 36.9 Å². The van der Waals surface area contributed by atoms with Gasteiger partial charge < -0.3 is 9.59 Å². The number of rotatable bonds is 6. The van der Waals surface area contributed by atoms with Crippen LogP contribution in [0.4, 0.5) is 0 Å². The Kier molecular flexibility index (Phi) is 7.13. The molecule has 0 amide bonds. The van der Waals surface area contributed by atoms with E-state index in [0.717, 1.165) is 48.6 Å². The first kappa shape index (κ1) is 19.0. The summed E-state index contributed by atoms with van der Waals surface area (Å²) in [6.07, 6.45) is 13.0. The molecule has 2 aromatic heterocycles. The van der Waals surface area contributed by atoms with E-state index in [4.69, 9.17) is 0 Å². The number of hydrogen-bond acceptors (Lipinski definition) is 8. The fourth-order valence-corrected chi connectivity index (χ4v) is 5.07. The Morgan fingerprint density at radius 2 is 1.04 bits per heavy atom. The smallest absolute Gasteiger partial charge is 0.187 e. The molecule has 0 saturated heterocycles. The van der Waals surface area contributed by atoms with Crippen LogP contribution in [0, 0.1) is 11.8 Å². The maximum atomic E-state index is 10.3. The van der Waals surface area contributed by atoms with Crippen LogP contribution >= 0.6 is 23.5 Å². The molecule has 8 heteroatoms. The lowest BCUT2D eigenvalue weighted by molar-refractivity contribution is -0.113. The molecular weight excluding hydrogens is 368 g/mol. The molecule has 0 spiro atoms. The van der Waals surface area contributed by atoms with Gasteiger partial charge in [-0.05, 0) is 37.8 Å². The standard InChI is InChI=1S/2C9H10N2OS/c2*12-6-7-4-8(5-7)13-9-10-2-1-3-11-9/h2*1-3,6-8H,4-5H2. The zero-order valence-electron chi connectivity index (χ0n) is 14.2. The summed E-state index contributed by atoms with van der Waals surface area (Å²) in [6, 6.07) is 3.61. The minimum atomic E-state index is 0.279. The van der Waals surface area contributed by atoms with Crippen LogP contribution in [0.1, 0.15) is 25.7 Å². The SMILES string of the molecule is O=CC1CC(Sc2ncccn2)C1.O=CC1CC(Sc2ncccn2)C1. The van der Waals surface area contributed by atoms with Gasteiger partial charge in [-0.2, -0.15) is 0 Å². The van der Waals surface area contributed by atoms with E-state index in [-0.39, 0.29) is 11.8 Å². The van der Waals surface area contributed by atoms with Crippen LogP contribution in [0.3, 0.4) is 0 Å². The first-order valence-corrected chi connectivity index (χ1v) is 10.3. The normalized spacial score (nSPS) is 26.5. The van der Waals surface area contributed by atoms with E-state index in [2.05, 4.69) is 19.9 Å². The molecule has 2 aliphatic carbocycles. The van der Waals surface area contributed by atoms with E-state index in [0.29, 0.717) is 10.5 Å². The molecule has 0 N–H and O–H groups in total. The van der Waals surface area contributed by atoms with Gasteiger partial charge >= 0.3 is 0 Å². The van der Waals surface area contributed by atoms with E-state index in [9.17, 15) is 9.59 Å². The van der Waals surface area contributed by atoms with Gasteiger partial charge in [-0.25, -0.2) is 19.9 Å². The first-order valence-electron chi connectivity index (χ1n) is 8.54. The molecule has 6 nitrogen and oxygen atoms in total. The van der Waals surface area contributed by atoms with Gasteiger partial charge in [0.25, 0.3) is 0 Å². The number of aromatic nitrogens is 4. The van der Waals surface area contributed by atoms with Crippen molar-refractivity contribution >= 4 is 36.1 Å². The van der Waals surface area contributed by atoms with E-state index in [1.54, 1.807) is 60.4 Å². The first-order chi connectivity index (χ1) is 12.8. The Labute approximate surface area is 161 Å². The van der Waals surface area contributed by atoms with Gasteiger partial charge in [-0.1, -0.05) is 23.5 Å². The topological polar surface area (TPSA) is 85.7 Å². The molecular formula is C18H20N4O2S2. The lowest BCUT2D eigenvalue weighted by Crippen LogP contribution is -2.26. The second-order valence-corrected chi connectivity index (χ2v) is 8.81. The molecule has 2 fully saturated rings. The predicted octanol–water partition coefficient (Wildman–Crippen LogP) is 3.09. The zero-order valence-corrected chi connectivity index (χ0v) is 15.8. The van der Waals surface area contributed by atoms with E-state index < -0.39 is 0 Å². The van der Waals surface area contributed by atoms with Crippen molar-refractivity contribution in [3.8, 4) is 0 Å². The van der Waals surface area contributed by atoms with E-state index in [1.807, 2.05) is 0 Å². The quantitative estimate of drug-likeness (QED) is 0.551. The number of thioether (sulfide) groups is 2. The number of aldehydes is 2. The summed E-state index contributed by atoms with van der Waals surface area (Å²) < 4.78 is 0. The molecule has 0 aromatic carbocycles. The Morgan fingerprint density at radius 1 is 0.692 bits per heavy atom. The molecule has 0 bridgehead atoms. The van der Waals surface area contributed by atoms with Gasteiger partial charge in [0.2, 0.25) is 0 Å². The highest BCUT2D eigenvalue weighted by atomic mass is 32.2. The summed E-state index contributed by atoms with van der Waals surface area (Å²) in [6.45, 7) is 0. The highest BCUT2D eigenvalue weighted by Gasteiger charge is 2.30. The van der Waals surface area contributed by atoms with Crippen molar-refractivity contribution in [1.82, 2.24) is 19.9 Å². The summed E-state index contributed by atoms with van der Waals surface area (Å²) in [4.78, 5) is 37.1. The molecule has 2 heterocycles. The van der Waals surface area contributed by atoms with Crippen molar-refractivity contribution in [2.75, 3.05) is 0 Å². The number of hydrogen-bond donors (Lipinski definition) is 0. The molecule has 0 radical (unpaired) electrons. The third kappa shape index (κ3) is 5.60. The molecule has 0 unspecified atom stereocenters. The lowest BCUT2D eigenvalue weighted by Gasteiger charge is -2.29. The van der Waals surface area contributed by atoms with Crippen LogP contribution in [-0.2, 0) is 9.59 Å². The van der Waals surface area contributed by atoms with Crippen molar-refractivity contribution in [2.45, 2.75) is 46.5 Å². The van der Waals surface area contributed by atoms with Crippen molar-refractivity contribution < 1.29 is 9.59 Å². The van der Waals surface area contributed by atoms with Crippen molar-refractivity contribution in [1.29, 1.82) is 0 Å². The number of carbonyl (C=O) groups excluding carboxylic acids is 2. The molecule has 26 heavy (non-hydrogen) atoms. The summed E-state index contributed by atoms with van der Waals surface area (Å²) in [7, 11) is 0. The maximum Gasteiger partial charge on any atom is 0.187 e. The van der Waals surface area contributed by atoms with Crippen LogP contribution in [0.5, 0.6) is 0 Å². The van der Waals surface area contributed by atoms with Crippen LogP contribution in [0.2, 0.25) is 0 Å². The van der Waals surface area contributed by atoms with Crippen LogP contribution < -0.4 is 0 Å². The third-order valence-electron chi connectivity index (χ3n) is 4.28. The van der Waals surface area contributed by atoms with Crippen molar-refractivity contribution in [3.63, 3.8) is 0 Å². The summed E-state index contributed by atoms with van der Waals surface area (Å²) in [5.74, 6) is 0.558. The largest absolute Gasteiger partial charge is 0.303 e. The van der Waals surface area contributed by atoms with Gasteiger partial charge in [0.05, 0.1) is 0 Å². The average molecular weight is 389 g/mol. The van der Waals surface area contributed by atoms with Gasteiger partial charge in [-0.15, -0.1) is 0 Å². The minimum Gasteiger partial charge on any atom is -0.303 e. The average Bonchev–Trinajstić information content (AvgIpc) is 2.63. The molecule has 0 atom stereocenters. The Hall–Kier alpha value is -1.80. The van der Waals surface area contributed by atoms with E-state index in [1.165, 1.54) is 0 Å². The second kappa shape index (κ2) is 9.78. The van der Waals surface area contributed by atoms with Crippen LogP contribution in [0.15, 0.2) is 47.2 Å². The second-order valence-electron chi connectivity index (χ2n) is 6.28. The fraction of sp³-hybridized carbons (Fsp3) is 0.444. The van der Waals surface area contributed by atoms with Crippen molar-refractivity contribution in [2.24, 2.45) is 11.8 Å². The Bertz CT molecular complexity index is 631. The molecule has 2 aliphatic rings. The fourth-order valence-electron chi connectivity index (χ4n) is 2.62. The monoisotopic (exact) mass is 388 g/mol. The van der Waals surface area contributed by atoms with Gasteiger partial charge in [0.1, 0.15) is 12.6 Å². The Balaban J connectivity index is 0.000000151. The summed E-state index contributed by atoms with van der Waals surface area (Å²) in [5, 5.41) is 2.71. The lowest BCUT2D eigenvalue weighted by atomic mass is 9.86. The third-order valence-corrected chi connectivity index (χ3v) is 6.56. The predicted molar refractivity (Wildman–Crippen MR) is 101 cm³/mol. The summed E-state index contributed by atoms with van der Waals surface area (Å²) in [5.41, 5.74) is 0. The van der Waals surface area contributed by atoms with Crippen LogP contribution in [-0.4, -0.2) is 43.0 Å². The van der Waals surface area contributed by atoms with Crippen LogP contribution in [0.25, 0.3) is 0 Å². The molecule has 2 saturated carbocycles.